The fraction of sp³-hybridized carbons (Fsp3) is 0.833. The maximum absolute atomic E-state index is 13.5. The molecular weight excluding hydrogens is 648 g/mol. The Kier molecular flexibility index (Phi) is 22.2. The van der Waals surface area contributed by atoms with E-state index < -0.39 is 85.2 Å². The molecule has 1 aliphatic rings. The quantitative estimate of drug-likeness (QED) is 0.102. The molecule has 14 heteroatoms. The summed E-state index contributed by atoms with van der Waals surface area (Å²) in [4.78, 5) is 79.9. The van der Waals surface area contributed by atoms with Crippen LogP contribution in [0.5, 0.6) is 0 Å². The van der Waals surface area contributed by atoms with Crippen molar-refractivity contribution in [2.24, 2.45) is 11.8 Å². The average Bonchev–Trinajstić information content (AvgIpc) is 3.04. The summed E-state index contributed by atoms with van der Waals surface area (Å²) in [6.07, 6.45) is 5.52. The van der Waals surface area contributed by atoms with Crippen LogP contribution in [0.2, 0.25) is 0 Å². The minimum Gasteiger partial charge on any atom is -0.460 e. The first kappa shape index (κ1) is 44.8. The van der Waals surface area contributed by atoms with Crippen LogP contribution in [0, 0.1) is 11.8 Å². The van der Waals surface area contributed by atoms with Crippen molar-refractivity contribution in [2.45, 2.75) is 168 Å². The number of cyclic esters (lactones) is 2. The van der Waals surface area contributed by atoms with Crippen molar-refractivity contribution in [3.63, 3.8) is 0 Å². The molecular formula is C36H64N4O10. The van der Waals surface area contributed by atoms with Gasteiger partial charge in [0.05, 0.1) is 26.1 Å². The van der Waals surface area contributed by atoms with Gasteiger partial charge in [-0.25, -0.2) is 9.59 Å². The van der Waals surface area contributed by atoms with Crippen molar-refractivity contribution >= 4 is 35.6 Å². The smallest absolute Gasteiger partial charge is 0.331 e. The van der Waals surface area contributed by atoms with E-state index in [0.717, 1.165) is 38.5 Å². The topological polar surface area (TPSA) is 209 Å². The maximum atomic E-state index is 13.5. The Morgan fingerprint density at radius 1 is 0.560 bits per heavy atom. The molecule has 50 heavy (non-hydrogen) atoms. The van der Waals surface area contributed by atoms with Gasteiger partial charge in [-0.2, -0.15) is 0 Å². The van der Waals surface area contributed by atoms with E-state index >= 15 is 0 Å². The number of amides is 4. The van der Waals surface area contributed by atoms with E-state index in [2.05, 4.69) is 28.2 Å². The minimum absolute atomic E-state index is 0.0342. The number of aliphatic hydroxyl groups is 2. The number of rotatable bonds is 16. The molecule has 1 heterocycles. The summed E-state index contributed by atoms with van der Waals surface area (Å²) < 4.78 is 11.5. The Balaban J connectivity index is 3.50. The Morgan fingerprint density at radius 2 is 0.960 bits per heavy atom. The normalized spacial score (nSPS) is 25.3. The van der Waals surface area contributed by atoms with E-state index in [1.165, 1.54) is 0 Å². The molecule has 14 nitrogen and oxygen atoms in total. The molecule has 4 amide bonds. The molecule has 4 unspecified atom stereocenters. The minimum atomic E-state index is -1.47. The predicted molar refractivity (Wildman–Crippen MR) is 187 cm³/mol. The lowest BCUT2D eigenvalue weighted by atomic mass is 10.0. The summed E-state index contributed by atoms with van der Waals surface area (Å²) in [5.74, 6) is -4.51. The van der Waals surface area contributed by atoms with Crippen molar-refractivity contribution in [3.05, 3.63) is 0 Å². The number of esters is 2. The highest BCUT2D eigenvalue weighted by molar-refractivity contribution is 5.92. The summed E-state index contributed by atoms with van der Waals surface area (Å²) >= 11 is 0. The number of hydrogen-bond acceptors (Lipinski definition) is 10. The fourth-order valence-electron chi connectivity index (χ4n) is 5.72. The molecule has 0 radical (unpaired) electrons. The van der Waals surface area contributed by atoms with Gasteiger partial charge in [0.1, 0.15) is 30.3 Å². The van der Waals surface area contributed by atoms with Gasteiger partial charge < -0.3 is 41.0 Å². The molecule has 6 atom stereocenters. The first-order valence-corrected chi connectivity index (χ1v) is 18.6. The van der Waals surface area contributed by atoms with Gasteiger partial charge in [0, 0.05) is 0 Å². The SMILES string of the molecule is CCCCCCCC1CC(=O)NC(CO)C(=O)N[C@@H](CC(C)C)C(=O)OC(CCCCC)CC(=O)N[C@H](CC(C)C)C(=O)NC(CO)C(=O)O1. The van der Waals surface area contributed by atoms with Crippen LogP contribution in [0.25, 0.3) is 0 Å². The summed E-state index contributed by atoms with van der Waals surface area (Å²) in [5.41, 5.74) is 0. The summed E-state index contributed by atoms with van der Waals surface area (Å²) in [5, 5.41) is 30.4. The second kappa shape index (κ2) is 24.8. The lowest BCUT2D eigenvalue weighted by Crippen LogP contribution is -2.55. The molecule has 6 N–H and O–H groups in total. The molecule has 0 saturated carbocycles. The monoisotopic (exact) mass is 712 g/mol. The van der Waals surface area contributed by atoms with Gasteiger partial charge in [-0.05, 0) is 50.4 Å². The standard InChI is InChI=1S/C36H64N4O10/c1-7-9-11-12-14-16-26-20-32(44)38-29(21-41)34(46)39-28(18-24(5)6)35(47)49-25(15-13-10-8-2)19-31(43)37-27(17-23(3)4)33(45)40-30(22-42)36(48)50-26/h23-30,41-42H,7-22H2,1-6H3,(H,37,43)(H,38,44)(H,39,46)(H,40,45)/t25?,26?,27-,28+,29?,30?/m1/s1. The largest absolute Gasteiger partial charge is 0.460 e. The van der Waals surface area contributed by atoms with E-state index in [1.807, 2.05) is 34.6 Å². The van der Waals surface area contributed by atoms with Crippen LogP contribution in [0.4, 0.5) is 0 Å². The number of ether oxygens (including phenoxy) is 2. The third-order valence-electron chi connectivity index (χ3n) is 8.44. The first-order chi connectivity index (χ1) is 23.7. The number of carbonyl (C=O) groups excluding carboxylic acids is 6. The Bertz CT molecular complexity index is 1070. The van der Waals surface area contributed by atoms with Crippen LogP contribution in [-0.2, 0) is 38.2 Å². The molecule has 1 rings (SSSR count). The highest BCUT2D eigenvalue weighted by Gasteiger charge is 2.33. The lowest BCUT2D eigenvalue weighted by molar-refractivity contribution is -0.156. The van der Waals surface area contributed by atoms with Gasteiger partial charge >= 0.3 is 11.9 Å². The van der Waals surface area contributed by atoms with Gasteiger partial charge in [0.25, 0.3) is 0 Å². The second-order valence-electron chi connectivity index (χ2n) is 14.2. The summed E-state index contributed by atoms with van der Waals surface area (Å²) in [6.45, 7) is 9.98. The molecule has 0 bridgehead atoms. The summed E-state index contributed by atoms with van der Waals surface area (Å²) in [7, 11) is 0. The molecule has 1 aliphatic heterocycles. The number of unbranched alkanes of at least 4 members (excludes halogenated alkanes) is 6. The third-order valence-corrected chi connectivity index (χ3v) is 8.44. The third kappa shape index (κ3) is 18.1. The Hall–Kier alpha value is -3.26. The van der Waals surface area contributed by atoms with E-state index in [-0.39, 0.29) is 37.5 Å². The number of aliphatic hydroxyl groups excluding tert-OH is 2. The summed E-state index contributed by atoms with van der Waals surface area (Å²) in [6, 6.07) is -5.07. The highest BCUT2D eigenvalue weighted by atomic mass is 16.6. The van der Waals surface area contributed by atoms with Crippen molar-refractivity contribution in [3.8, 4) is 0 Å². The maximum Gasteiger partial charge on any atom is 0.331 e. The lowest BCUT2D eigenvalue weighted by Gasteiger charge is -2.27. The second-order valence-corrected chi connectivity index (χ2v) is 14.2. The predicted octanol–water partition coefficient (Wildman–Crippen LogP) is 2.56. The molecule has 0 aromatic carbocycles. The highest BCUT2D eigenvalue weighted by Crippen LogP contribution is 2.17. The zero-order chi connectivity index (χ0) is 37.6. The average molecular weight is 713 g/mol. The molecule has 1 saturated heterocycles. The zero-order valence-corrected chi connectivity index (χ0v) is 31.1. The number of carbonyl (C=O) groups is 6. The van der Waals surface area contributed by atoms with Crippen LogP contribution >= 0.6 is 0 Å². The van der Waals surface area contributed by atoms with Crippen LogP contribution in [0.1, 0.15) is 131 Å². The Morgan fingerprint density at radius 3 is 1.46 bits per heavy atom. The van der Waals surface area contributed by atoms with Gasteiger partial charge in [-0.1, -0.05) is 80.1 Å². The van der Waals surface area contributed by atoms with E-state index in [0.29, 0.717) is 25.7 Å². The van der Waals surface area contributed by atoms with Crippen molar-refractivity contribution in [1.82, 2.24) is 21.3 Å². The Labute approximate surface area is 297 Å². The fourth-order valence-corrected chi connectivity index (χ4v) is 5.72. The zero-order valence-electron chi connectivity index (χ0n) is 31.1. The molecule has 288 valence electrons. The number of nitrogens with one attached hydrogen (secondary N) is 4. The van der Waals surface area contributed by atoms with E-state index in [9.17, 15) is 39.0 Å². The number of hydrogen-bond donors (Lipinski definition) is 6. The van der Waals surface area contributed by atoms with Gasteiger partial charge in [0.2, 0.25) is 23.6 Å². The van der Waals surface area contributed by atoms with Gasteiger partial charge in [0.15, 0.2) is 6.04 Å². The van der Waals surface area contributed by atoms with E-state index in [1.54, 1.807) is 0 Å². The molecule has 0 aromatic heterocycles. The first-order valence-electron chi connectivity index (χ1n) is 18.6. The van der Waals surface area contributed by atoms with E-state index in [4.69, 9.17) is 9.47 Å². The van der Waals surface area contributed by atoms with Crippen LogP contribution in [0.15, 0.2) is 0 Å². The van der Waals surface area contributed by atoms with Crippen molar-refractivity contribution in [1.29, 1.82) is 0 Å². The van der Waals surface area contributed by atoms with Crippen LogP contribution in [0.3, 0.4) is 0 Å². The molecule has 0 aliphatic carbocycles. The van der Waals surface area contributed by atoms with Crippen LogP contribution in [-0.4, -0.2) is 95.4 Å². The molecule has 0 spiro atoms. The molecule has 0 aromatic rings. The van der Waals surface area contributed by atoms with Crippen LogP contribution < -0.4 is 21.3 Å². The van der Waals surface area contributed by atoms with Crippen molar-refractivity contribution < 1.29 is 48.5 Å². The van der Waals surface area contributed by atoms with Gasteiger partial charge in [-0.3, -0.25) is 19.2 Å². The van der Waals surface area contributed by atoms with Gasteiger partial charge in [-0.15, -0.1) is 0 Å². The molecule has 1 fully saturated rings. The van der Waals surface area contributed by atoms with Crippen molar-refractivity contribution in [2.75, 3.05) is 13.2 Å².